The van der Waals surface area contributed by atoms with Gasteiger partial charge in [-0.2, -0.15) is 0 Å². The Morgan fingerprint density at radius 3 is 3.06 bits per heavy atom. The van der Waals surface area contributed by atoms with E-state index in [9.17, 15) is 9.90 Å². The number of aliphatic hydroxyl groups excluding tert-OH is 1. The number of carbonyl (C=O) groups excluding carboxylic acids is 1. The number of aliphatic hydroxyl groups is 1. The molecule has 1 amide bonds. The molecule has 4 nitrogen and oxygen atoms in total. The molecule has 2 atom stereocenters. The minimum atomic E-state index is -0.220. The lowest BCUT2D eigenvalue weighted by Crippen LogP contribution is -2.35. The summed E-state index contributed by atoms with van der Waals surface area (Å²) in [5.74, 6) is 0.0211. The van der Waals surface area contributed by atoms with Gasteiger partial charge in [0.15, 0.2) is 0 Å². The smallest absolute Gasteiger partial charge is 0.251 e. The van der Waals surface area contributed by atoms with Gasteiger partial charge in [0, 0.05) is 24.7 Å². The molecule has 0 aromatic heterocycles. The van der Waals surface area contributed by atoms with Crippen LogP contribution in [0.3, 0.4) is 0 Å². The van der Waals surface area contributed by atoms with E-state index in [2.05, 4.69) is 10.6 Å². The lowest BCUT2D eigenvalue weighted by atomic mass is 10.1. The number of benzene rings is 1. The average Bonchev–Trinajstić information content (AvgIpc) is 2.94. The van der Waals surface area contributed by atoms with Crippen molar-refractivity contribution in [2.75, 3.05) is 0 Å². The molecular formula is C14H18N2O2. The molecule has 1 aromatic rings. The van der Waals surface area contributed by atoms with Crippen LogP contribution in [0.4, 0.5) is 0 Å². The fourth-order valence-electron chi connectivity index (χ4n) is 2.80. The van der Waals surface area contributed by atoms with E-state index in [4.69, 9.17) is 0 Å². The van der Waals surface area contributed by atoms with Crippen molar-refractivity contribution in [1.82, 2.24) is 10.6 Å². The molecule has 0 radical (unpaired) electrons. The summed E-state index contributed by atoms with van der Waals surface area (Å²) < 4.78 is 0. The van der Waals surface area contributed by atoms with Gasteiger partial charge in [-0.1, -0.05) is 12.1 Å². The first-order valence-corrected chi connectivity index (χ1v) is 6.55. The zero-order valence-electron chi connectivity index (χ0n) is 10.3. The first kappa shape index (κ1) is 11.7. The Morgan fingerprint density at radius 2 is 2.28 bits per heavy atom. The van der Waals surface area contributed by atoms with Gasteiger partial charge in [0.2, 0.25) is 0 Å². The van der Waals surface area contributed by atoms with Crippen molar-refractivity contribution < 1.29 is 9.90 Å². The van der Waals surface area contributed by atoms with Gasteiger partial charge in [-0.15, -0.1) is 0 Å². The SMILES string of the molecule is O=C1NCc2ccc(CN[C@@H]3CCC[C@@H]3O)cc21. The zero-order valence-corrected chi connectivity index (χ0v) is 10.3. The van der Waals surface area contributed by atoms with Crippen molar-refractivity contribution in [2.45, 2.75) is 44.5 Å². The number of carbonyl (C=O) groups is 1. The molecule has 96 valence electrons. The molecule has 3 rings (SSSR count). The molecule has 0 unspecified atom stereocenters. The number of amides is 1. The minimum Gasteiger partial charge on any atom is -0.392 e. The van der Waals surface area contributed by atoms with Gasteiger partial charge in [0.25, 0.3) is 5.91 Å². The maximum Gasteiger partial charge on any atom is 0.251 e. The Bertz CT molecular complexity index is 473. The molecule has 18 heavy (non-hydrogen) atoms. The van der Waals surface area contributed by atoms with Gasteiger partial charge in [-0.3, -0.25) is 4.79 Å². The molecule has 1 fully saturated rings. The predicted octanol–water partition coefficient (Wildman–Crippen LogP) is 0.933. The summed E-state index contributed by atoms with van der Waals surface area (Å²) in [6.45, 7) is 1.35. The van der Waals surface area contributed by atoms with E-state index in [1.54, 1.807) is 0 Å². The third-order valence-corrected chi connectivity index (χ3v) is 3.91. The molecule has 4 heteroatoms. The van der Waals surface area contributed by atoms with Gasteiger partial charge in [0.1, 0.15) is 0 Å². The Labute approximate surface area is 106 Å². The van der Waals surface area contributed by atoms with Crippen LogP contribution in [-0.4, -0.2) is 23.2 Å². The summed E-state index contributed by atoms with van der Waals surface area (Å²) in [6, 6.07) is 6.21. The summed E-state index contributed by atoms with van der Waals surface area (Å²) in [6.07, 6.45) is 2.80. The molecule has 0 bridgehead atoms. The summed E-state index contributed by atoms with van der Waals surface area (Å²) in [7, 11) is 0. The number of rotatable bonds is 3. The van der Waals surface area contributed by atoms with Gasteiger partial charge >= 0.3 is 0 Å². The standard InChI is InChI=1S/C14H18N2O2/c17-13-3-1-2-12(13)15-7-9-4-5-10-8-16-14(18)11(10)6-9/h4-6,12-13,15,17H,1-3,7-8H2,(H,16,18)/t12-,13+/m1/s1. The molecular weight excluding hydrogens is 228 g/mol. The van der Waals surface area contributed by atoms with Crippen LogP contribution in [0.2, 0.25) is 0 Å². The summed E-state index contributed by atoms with van der Waals surface area (Å²) in [5.41, 5.74) is 2.97. The highest BCUT2D eigenvalue weighted by Gasteiger charge is 2.24. The first-order chi connectivity index (χ1) is 8.74. The normalized spacial score (nSPS) is 26.2. The Kier molecular flexibility index (Phi) is 3.06. The fourth-order valence-corrected chi connectivity index (χ4v) is 2.80. The van der Waals surface area contributed by atoms with Crippen LogP contribution >= 0.6 is 0 Å². The van der Waals surface area contributed by atoms with Crippen LogP contribution in [0, 0.1) is 0 Å². The highest BCUT2D eigenvalue weighted by atomic mass is 16.3. The van der Waals surface area contributed by atoms with Crippen LogP contribution in [0.15, 0.2) is 18.2 Å². The Hall–Kier alpha value is -1.39. The van der Waals surface area contributed by atoms with E-state index in [-0.39, 0.29) is 18.1 Å². The van der Waals surface area contributed by atoms with Crippen molar-refractivity contribution in [1.29, 1.82) is 0 Å². The lowest BCUT2D eigenvalue weighted by molar-refractivity contribution is 0.0965. The lowest BCUT2D eigenvalue weighted by Gasteiger charge is -2.16. The summed E-state index contributed by atoms with van der Waals surface area (Å²) >= 11 is 0. The predicted molar refractivity (Wildman–Crippen MR) is 68.1 cm³/mol. The third-order valence-electron chi connectivity index (χ3n) is 3.91. The van der Waals surface area contributed by atoms with E-state index in [1.807, 2.05) is 18.2 Å². The highest BCUT2D eigenvalue weighted by Crippen LogP contribution is 2.20. The number of nitrogens with one attached hydrogen (secondary N) is 2. The van der Waals surface area contributed by atoms with Gasteiger partial charge in [-0.25, -0.2) is 0 Å². The summed E-state index contributed by atoms with van der Waals surface area (Å²) in [4.78, 5) is 11.6. The van der Waals surface area contributed by atoms with Gasteiger partial charge in [0.05, 0.1) is 6.10 Å². The van der Waals surface area contributed by atoms with E-state index in [0.717, 1.165) is 36.0 Å². The van der Waals surface area contributed by atoms with Crippen molar-refractivity contribution in [3.63, 3.8) is 0 Å². The second-order valence-corrected chi connectivity index (χ2v) is 5.16. The topological polar surface area (TPSA) is 61.4 Å². The minimum absolute atomic E-state index is 0.0211. The van der Waals surface area contributed by atoms with Gasteiger partial charge < -0.3 is 15.7 Å². The Morgan fingerprint density at radius 1 is 1.39 bits per heavy atom. The van der Waals surface area contributed by atoms with E-state index < -0.39 is 0 Å². The molecule has 0 spiro atoms. The van der Waals surface area contributed by atoms with Crippen LogP contribution < -0.4 is 10.6 Å². The van der Waals surface area contributed by atoms with Crippen molar-refractivity contribution in [2.24, 2.45) is 0 Å². The van der Waals surface area contributed by atoms with Crippen LogP contribution in [-0.2, 0) is 13.1 Å². The van der Waals surface area contributed by atoms with Crippen LogP contribution in [0.1, 0.15) is 40.7 Å². The maximum absolute atomic E-state index is 11.6. The zero-order chi connectivity index (χ0) is 12.5. The molecule has 2 aliphatic rings. The molecule has 1 aromatic carbocycles. The largest absolute Gasteiger partial charge is 0.392 e. The second kappa shape index (κ2) is 4.71. The van der Waals surface area contributed by atoms with Crippen molar-refractivity contribution in [3.8, 4) is 0 Å². The van der Waals surface area contributed by atoms with E-state index in [0.29, 0.717) is 13.1 Å². The Balaban J connectivity index is 1.67. The molecule has 0 saturated heterocycles. The first-order valence-electron chi connectivity index (χ1n) is 6.55. The highest BCUT2D eigenvalue weighted by molar-refractivity contribution is 5.98. The molecule has 1 saturated carbocycles. The average molecular weight is 246 g/mol. The maximum atomic E-state index is 11.6. The number of hydrogen-bond acceptors (Lipinski definition) is 3. The monoisotopic (exact) mass is 246 g/mol. The van der Waals surface area contributed by atoms with E-state index >= 15 is 0 Å². The summed E-state index contributed by atoms with van der Waals surface area (Å²) in [5, 5.41) is 15.9. The molecule has 3 N–H and O–H groups in total. The number of fused-ring (bicyclic) bond motifs is 1. The van der Waals surface area contributed by atoms with Crippen LogP contribution in [0.5, 0.6) is 0 Å². The second-order valence-electron chi connectivity index (χ2n) is 5.16. The fraction of sp³-hybridized carbons (Fsp3) is 0.500. The van der Waals surface area contributed by atoms with Crippen molar-refractivity contribution in [3.05, 3.63) is 34.9 Å². The van der Waals surface area contributed by atoms with E-state index in [1.165, 1.54) is 0 Å². The van der Waals surface area contributed by atoms with Crippen LogP contribution in [0.25, 0.3) is 0 Å². The molecule has 1 aliphatic carbocycles. The third kappa shape index (κ3) is 2.13. The number of hydrogen-bond donors (Lipinski definition) is 3. The van der Waals surface area contributed by atoms with Gasteiger partial charge in [-0.05, 0) is 36.5 Å². The van der Waals surface area contributed by atoms with Crippen molar-refractivity contribution >= 4 is 5.91 Å². The quantitative estimate of drug-likeness (QED) is 0.743. The molecule has 1 aliphatic heterocycles. The molecule has 1 heterocycles.